The number of carbonyl (C=O) groups excluding carboxylic acids is 1. The van der Waals surface area contributed by atoms with E-state index in [1.54, 1.807) is 0 Å². The fourth-order valence-corrected chi connectivity index (χ4v) is 3.16. The lowest BCUT2D eigenvalue weighted by Crippen LogP contribution is -2.35. The van der Waals surface area contributed by atoms with Crippen molar-refractivity contribution >= 4 is 33.2 Å². The fourth-order valence-electron chi connectivity index (χ4n) is 1.80. The Hall–Kier alpha value is -1.17. The molecule has 0 saturated carbocycles. The van der Waals surface area contributed by atoms with Crippen LogP contribution in [0.3, 0.4) is 0 Å². The molecule has 5 heteroatoms. The molecule has 0 saturated heterocycles. The highest BCUT2D eigenvalue weighted by molar-refractivity contribution is 9.10. The van der Waals surface area contributed by atoms with Gasteiger partial charge in [-0.3, -0.25) is 4.79 Å². The quantitative estimate of drug-likeness (QED) is 0.897. The van der Waals surface area contributed by atoms with Gasteiger partial charge in [0.05, 0.1) is 6.04 Å². The summed E-state index contributed by atoms with van der Waals surface area (Å²) < 4.78 is 0.979. The zero-order chi connectivity index (χ0) is 13.8. The molecule has 19 heavy (non-hydrogen) atoms. The van der Waals surface area contributed by atoms with Crippen molar-refractivity contribution in [3.63, 3.8) is 0 Å². The van der Waals surface area contributed by atoms with E-state index in [2.05, 4.69) is 21.2 Å². The summed E-state index contributed by atoms with van der Waals surface area (Å²) >= 11 is 4.97. The summed E-state index contributed by atoms with van der Waals surface area (Å²) in [5, 5.41) is 4.85. The van der Waals surface area contributed by atoms with Crippen LogP contribution in [-0.2, 0) is 4.79 Å². The number of nitrogens with one attached hydrogen (secondary N) is 1. The Balaban J connectivity index is 2.05. The summed E-state index contributed by atoms with van der Waals surface area (Å²) in [5.41, 5.74) is 6.97. The van der Waals surface area contributed by atoms with E-state index in [1.807, 2.05) is 48.7 Å². The number of benzene rings is 1. The molecule has 1 aromatic heterocycles. The normalized spacial score (nSPS) is 13.8. The van der Waals surface area contributed by atoms with Crippen molar-refractivity contribution in [2.24, 2.45) is 5.73 Å². The largest absolute Gasteiger partial charge is 0.348 e. The van der Waals surface area contributed by atoms with E-state index >= 15 is 0 Å². The first-order valence-corrected chi connectivity index (χ1v) is 7.60. The lowest BCUT2D eigenvalue weighted by molar-refractivity contribution is -0.123. The van der Waals surface area contributed by atoms with Crippen molar-refractivity contribution < 1.29 is 4.79 Å². The summed E-state index contributed by atoms with van der Waals surface area (Å²) in [6, 6.07) is 10.9. The Morgan fingerprint density at radius 3 is 2.68 bits per heavy atom. The third-order valence-corrected chi connectivity index (χ3v) is 4.54. The van der Waals surface area contributed by atoms with Gasteiger partial charge in [0.2, 0.25) is 5.91 Å². The maximum atomic E-state index is 12.1. The molecule has 3 nitrogen and oxygen atoms in total. The van der Waals surface area contributed by atoms with Gasteiger partial charge >= 0.3 is 0 Å². The van der Waals surface area contributed by atoms with Crippen LogP contribution in [0.2, 0.25) is 0 Å². The zero-order valence-electron chi connectivity index (χ0n) is 10.5. The van der Waals surface area contributed by atoms with Crippen LogP contribution in [0.5, 0.6) is 0 Å². The van der Waals surface area contributed by atoms with Gasteiger partial charge in [0, 0.05) is 9.35 Å². The summed E-state index contributed by atoms with van der Waals surface area (Å²) in [4.78, 5) is 13.0. The highest BCUT2D eigenvalue weighted by Crippen LogP contribution is 2.24. The summed E-state index contributed by atoms with van der Waals surface area (Å²) in [6.07, 6.45) is 0. The van der Waals surface area contributed by atoms with Crippen LogP contribution in [0.1, 0.15) is 29.4 Å². The molecule has 1 heterocycles. The molecule has 0 fully saturated rings. The molecule has 1 amide bonds. The van der Waals surface area contributed by atoms with E-state index in [4.69, 9.17) is 5.73 Å². The van der Waals surface area contributed by atoms with Crippen molar-refractivity contribution in [1.82, 2.24) is 5.32 Å². The van der Waals surface area contributed by atoms with E-state index in [9.17, 15) is 4.79 Å². The number of carbonyl (C=O) groups is 1. The number of rotatable bonds is 4. The molecule has 0 aliphatic heterocycles. The lowest BCUT2D eigenvalue weighted by atomic mass is 10.1. The van der Waals surface area contributed by atoms with Gasteiger partial charge in [0.15, 0.2) is 0 Å². The average molecular weight is 339 g/mol. The van der Waals surface area contributed by atoms with Crippen LogP contribution >= 0.6 is 27.3 Å². The zero-order valence-corrected chi connectivity index (χ0v) is 12.9. The number of hydrogen-bond acceptors (Lipinski definition) is 3. The molecule has 0 aliphatic carbocycles. The minimum absolute atomic E-state index is 0.0888. The summed E-state index contributed by atoms with van der Waals surface area (Å²) in [7, 11) is 0. The van der Waals surface area contributed by atoms with Crippen molar-refractivity contribution in [2.75, 3.05) is 0 Å². The highest BCUT2D eigenvalue weighted by atomic mass is 79.9. The van der Waals surface area contributed by atoms with Gasteiger partial charge in [-0.25, -0.2) is 0 Å². The predicted molar refractivity (Wildman–Crippen MR) is 81.9 cm³/mol. The molecule has 2 atom stereocenters. The molecular formula is C14H15BrN2OS. The van der Waals surface area contributed by atoms with Crippen molar-refractivity contribution in [3.05, 3.63) is 56.7 Å². The Morgan fingerprint density at radius 1 is 1.32 bits per heavy atom. The number of amides is 1. The topological polar surface area (TPSA) is 55.1 Å². The molecule has 0 spiro atoms. The number of nitrogens with two attached hydrogens (primary N) is 1. The molecule has 0 radical (unpaired) electrons. The van der Waals surface area contributed by atoms with Gasteiger partial charge < -0.3 is 11.1 Å². The molecule has 1 unspecified atom stereocenters. The van der Waals surface area contributed by atoms with Gasteiger partial charge in [0.1, 0.15) is 6.04 Å². The number of hydrogen-bond donors (Lipinski definition) is 2. The summed E-state index contributed by atoms with van der Waals surface area (Å²) in [5.74, 6) is -0.161. The molecule has 100 valence electrons. The standard InChI is InChI=1S/C14H15BrN2OS/c1-9(10-5-2-3-6-11(10)15)17-14(18)13(16)12-7-4-8-19-12/h2-9,13H,16H2,1H3,(H,17,18)/t9-,13?/m1/s1. The third kappa shape index (κ3) is 3.43. The van der Waals surface area contributed by atoms with Gasteiger partial charge in [-0.1, -0.05) is 40.2 Å². The first-order valence-electron chi connectivity index (χ1n) is 5.93. The Bertz CT molecular complexity index is 556. The lowest BCUT2D eigenvalue weighted by Gasteiger charge is -2.18. The number of thiophene rings is 1. The molecule has 0 aliphatic rings. The van der Waals surface area contributed by atoms with Gasteiger partial charge in [0.25, 0.3) is 0 Å². The van der Waals surface area contributed by atoms with E-state index in [-0.39, 0.29) is 11.9 Å². The Morgan fingerprint density at radius 2 is 2.05 bits per heavy atom. The number of halogens is 1. The third-order valence-electron chi connectivity index (χ3n) is 2.86. The van der Waals surface area contributed by atoms with Gasteiger partial charge in [-0.05, 0) is 30.0 Å². The van der Waals surface area contributed by atoms with Crippen LogP contribution in [-0.4, -0.2) is 5.91 Å². The van der Waals surface area contributed by atoms with E-state index in [0.717, 1.165) is 14.9 Å². The van der Waals surface area contributed by atoms with Crippen LogP contribution in [0.15, 0.2) is 46.3 Å². The predicted octanol–water partition coefficient (Wildman–Crippen LogP) is 3.39. The molecule has 1 aromatic carbocycles. The second-order valence-electron chi connectivity index (χ2n) is 4.24. The van der Waals surface area contributed by atoms with Gasteiger partial charge in [-0.2, -0.15) is 0 Å². The maximum Gasteiger partial charge on any atom is 0.242 e. The minimum atomic E-state index is -0.607. The van der Waals surface area contributed by atoms with Crippen LogP contribution < -0.4 is 11.1 Å². The second kappa shape index (κ2) is 6.32. The fraction of sp³-hybridized carbons (Fsp3) is 0.214. The Labute approximate surface area is 125 Å². The molecular weight excluding hydrogens is 324 g/mol. The summed E-state index contributed by atoms with van der Waals surface area (Å²) in [6.45, 7) is 1.94. The maximum absolute atomic E-state index is 12.1. The molecule has 2 aromatic rings. The van der Waals surface area contributed by atoms with E-state index < -0.39 is 6.04 Å². The van der Waals surface area contributed by atoms with Crippen molar-refractivity contribution in [1.29, 1.82) is 0 Å². The molecule has 0 bridgehead atoms. The van der Waals surface area contributed by atoms with Crippen LogP contribution in [0.4, 0.5) is 0 Å². The highest BCUT2D eigenvalue weighted by Gasteiger charge is 2.19. The van der Waals surface area contributed by atoms with Crippen LogP contribution in [0, 0.1) is 0 Å². The van der Waals surface area contributed by atoms with Gasteiger partial charge in [-0.15, -0.1) is 11.3 Å². The smallest absolute Gasteiger partial charge is 0.242 e. The van der Waals surface area contributed by atoms with Crippen molar-refractivity contribution in [3.8, 4) is 0 Å². The van der Waals surface area contributed by atoms with E-state index in [0.29, 0.717) is 0 Å². The SMILES string of the molecule is C[C@@H](NC(=O)C(N)c1cccs1)c1ccccc1Br. The Kier molecular flexibility index (Phi) is 4.74. The first kappa shape index (κ1) is 14.2. The van der Waals surface area contributed by atoms with E-state index in [1.165, 1.54) is 11.3 Å². The minimum Gasteiger partial charge on any atom is -0.348 e. The van der Waals surface area contributed by atoms with Crippen molar-refractivity contribution in [2.45, 2.75) is 19.0 Å². The molecule has 3 N–H and O–H groups in total. The van der Waals surface area contributed by atoms with Crippen LogP contribution in [0.25, 0.3) is 0 Å². The molecule has 2 rings (SSSR count). The second-order valence-corrected chi connectivity index (χ2v) is 6.08. The monoisotopic (exact) mass is 338 g/mol. The average Bonchev–Trinajstić information content (AvgIpc) is 2.92. The first-order chi connectivity index (χ1) is 9.09.